The van der Waals surface area contributed by atoms with E-state index in [1.54, 1.807) is 0 Å². The number of rotatable bonds is 2. The zero-order chi connectivity index (χ0) is 11.7. The van der Waals surface area contributed by atoms with Gasteiger partial charge in [-0.3, -0.25) is 0 Å². The van der Waals surface area contributed by atoms with Crippen LogP contribution >= 0.6 is 15.9 Å². The van der Waals surface area contributed by atoms with Crippen LogP contribution in [0.5, 0.6) is 0 Å². The van der Waals surface area contributed by atoms with Gasteiger partial charge in [-0.05, 0) is 44.0 Å². The molecule has 2 aromatic rings. The van der Waals surface area contributed by atoms with Crippen LogP contribution in [-0.2, 0) is 0 Å². The third-order valence-electron chi connectivity index (χ3n) is 2.44. The molecule has 1 aromatic carbocycles. The van der Waals surface area contributed by atoms with E-state index in [0.29, 0.717) is 0 Å². The zero-order valence-electron chi connectivity index (χ0n) is 9.56. The van der Waals surface area contributed by atoms with Crippen molar-refractivity contribution in [1.82, 2.24) is 9.97 Å². The Bertz CT molecular complexity index is 494. The first kappa shape index (κ1) is 11.2. The highest BCUT2D eigenvalue weighted by Gasteiger charge is 2.06. The summed E-state index contributed by atoms with van der Waals surface area (Å²) >= 11 is 3.49. The van der Waals surface area contributed by atoms with Crippen molar-refractivity contribution in [1.29, 1.82) is 0 Å². The molecule has 0 aliphatic carbocycles. The number of anilines is 2. The lowest BCUT2D eigenvalue weighted by molar-refractivity contribution is 1.22. The van der Waals surface area contributed by atoms with Gasteiger partial charge in [-0.15, -0.1) is 0 Å². The number of halogens is 1. The molecule has 0 spiro atoms. The number of H-pyrrole nitrogens is 1. The average Bonchev–Trinajstić information content (AvgIpc) is 2.58. The maximum atomic E-state index is 4.24. The number of aromatic amines is 1. The smallest absolute Gasteiger partial charge is 0.204 e. The third-order valence-corrected chi connectivity index (χ3v) is 2.90. The molecule has 0 saturated heterocycles. The van der Waals surface area contributed by atoms with Crippen molar-refractivity contribution in [3.05, 3.63) is 39.6 Å². The Morgan fingerprint density at radius 2 is 1.81 bits per heavy atom. The number of nitrogens with zero attached hydrogens (tertiary/aromatic N) is 1. The maximum absolute atomic E-state index is 4.24. The van der Waals surface area contributed by atoms with Crippen LogP contribution in [0, 0.1) is 20.8 Å². The molecule has 1 heterocycles. The highest BCUT2D eigenvalue weighted by Crippen LogP contribution is 2.26. The van der Waals surface area contributed by atoms with Crippen molar-refractivity contribution in [3.63, 3.8) is 0 Å². The fourth-order valence-corrected chi connectivity index (χ4v) is 2.39. The van der Waals surface area contributed by atoms with Crippen LogP contribution in [-0.4, -0.2) is 9.97 Å². The van der Waals surface area contributed by atoms with Crippen LogP contribution in [0.15, 0.2) is 22.8 Å². The molecule has 2 N–H and O–H groups in total. The number of aryl methyl sites for hydroxylation is 3. The first-order chi connectivity index (χ1) is 7.56. The van der Waals surface area contributed by atoms with Gasteiger partial charge < -0.3 is 10.3 Å². The van der Waals surface area contributed by atoms with Crippen molar-refractivity contribution >= 4 is 27.6 Å². The zero-order valence-corrected chi connectivity index (χ0v) is 11.1. The van der Waals surface area contributed by atoms with Gasteiger partial charge >= 0.3 is 0 Å². The SMILES string of the molecule is Cc1cnc(Nc2c(C)cc(Br)cc2C)[nH]1. The Balaban J connectivity index is 2.34. The Kier molecular flexibility index (Phi) is 3.01. The number of nitrogens with one attached hydrogen (secondary N) is 2. The summed E-state index contributed by atoms with van der Waals surface area (Å²) < 4.78 is 1.10. The number of benzene rings is 1. The second kappa shape index (κ2) is 4.29. The highest BCUT2D eigenvalue weighted by molar-refractivity contribution is 9.10. The number of hydrogen-bond acceptors (Lipinski definition) is 2. The Hall–Kier alpha value is -1.29. The molecule has 0 aliphatic rings. The average molecular weight is 280 g/mol. The first-order valence-electron chi connectivity index (χ1n) is 5.11. The van der Waals surface area contributed by atoms with E-state index in [4.69, 9.17) is 0 Å². The van der Waals surface area contributed by atoms with Crippen LogP contribution in [0.25, 0.3) is 0 Å². The molecule has 4 heteroatoms. The normalized spacial score (nSPS) is 10.5. The molecule has 0 fully saturated rings. The van der Waals surface area contributed by atoms with Gasteiger partial charge in [0.1, 0.15) is 0 Å². The number of hydrogen-bond donors (Lipinski definition) is 2. The summed E-state index contributed by atoms with van der Waals surface area (Å²) in [7, 11) is 0. The summed E-state index contributed by atoms with van der Waals surface area (Å²) in [5.41, 5.74) is 4.55. The van der Waals surface area contributed by atoms with Gasteiger partial charge in [0.25, 0.3) is 0 Å². The summed E-state index contributed by atoms with van der Waals surface area (Å²) in [4.78, 5) is 7.40. The molecular weight excluding hydrogens is 266 g/mol. The molecular formula is C12H14BrN3. The van der Waals surface area contributed by atoms with Crippen molar-refractivity contribution in [2.45, 2.75) is 20.8 Å². The molecule has 0 aliphatic heterocycles. The van der Waals surface area contributed by atoms with Crippen molar-refractivity contribution in [3.8, 4) is 0 Å². The van der Waals surface area contributed by atoms with Gasteiger partial charge in [0.15, 0.2) is 0 Å². The minimum Gasteiger partial charge on any atom is -0.328 e. The summed E-state index contributed by atoms with van der Waals surface area (Å²) in [6.45, 7) is 6.14. The molecule has 0 unspecified atom stereocenters. The first-order valence-corrected chi connectivity index (χ1v) is 5.91. The monoisotopic (exact) mass is 279 g/mol. The molecule has 84 valence electrons. The molecule has 0 radical (unpaired) electrons. The minimum absolute atomic E-state index is 0.783. The van der Waals surface area contributed by atoms with Gasteiger partial charge in [-0.25, -0.2) is 4.98 Å². The van der Waals surface area contributed by atoms with Crippen molar-refractivity contribution in [2.24, 2.45) is 0 Å². The van der Waals surface area contributed by atoms with Crippen molar-refractivity contribution < 1.29 is 0 Å². The third kappa shape index (κ3) is 2.27. The van der Waals surface area contributed by atoms with Crippen LogP contribution in [0.3, 0.4) is 0 Å². The van der Waals surface area contributed by atoms with Crippen molar-refractivity contribution in [2.75, 3.05) is 5.32 Å². The molecule has 2 rings (SSSR count). The van der Waals surface area contributed by atoms with E-state index in [1.807, 2.05) is 13.1 Å². The summed E-state index contributed by atoms with van der Waals surface area (Å²) in [5, 5.41) is 3.30. The van der Waals surface area contributed by atoms with E-state index >= 15 is 0 Å². The Morgan fingerprint density at radius 1 is 1.19 bits per heavy atom. The molecule has 0 atom stereocenters. The fourth-order valence-electron chi connectivity index (χ4n) is 1.70. The Morgan fingerprint density at radius 3 is 2.31 bits per heavy atom. The molecule has 0 bridgehead atoms. The van der Waals surface area contributed by atoms with E-state index in [9.17, 15) is 0 Å². The largest absolute Gasteiger partial charge is 0.328 e. The summed E-state index contributed by atoms with van der Waals surface area (Å²) in [6, 6.07) is 4.18. The quantitative estimate of drug-likeness (QED) is 0.877. The van der Waals surface area contributed by atoms with Gasteiger partial charge in [0.2, 0.25) is 5.95 Å². The van der Waals surface area contributed by atoms with Crippen LogP contribution < -0.4 is 5.32 Å². The second-order valence-corrected chi connectivity index (χ2v) is 4.87. The fraction of sp³-hybridized carbons (Fsp3) is 0.250. The van der Waals surface area contributed by atoms with Crippen LogP contribution in [0.4, 0.5) is 11.6 Å². The van der Waals surface area contributed by atoms with E-state index in [0.717, 1.165) is 21.8 Å². The van der Waals surface area contributed by atoms with Crippen LogP contribution in [0.1, 0.15) is 16.8 Å². The maximum Gasteiger partial charge on any atom is 0.204 e. The second-order valence-electron chi connectivity index (χ2n) is 3.95. The van der Waals surface area contributed by atoms with Gasteiger partial charge in [-0.1, -0.05) is 15.9 Å². The Labute approximate surface area is 103 Å². The van der Waals surface area contributed by atoms with E-state index < -0.39 is 0 Å². The number of aromatic nitrogens is 2. The predicted octanol–water partition coefficient (Wildman–Crippen LogP) is 3.84. The molecule has 3 nitrogen and oxygen atoms in total. The molecule has 0 saturated carbocycles. The number of imidazole rings is 1. The topological polar surface area (TPSA) is 40.7 Å². The lowest BCUT2D eigenvalue weighted by Gasteiger charge is -2.11. The van der Waals surface area contributed by atoms with Gasteiger partial charge in [0.05, 0.1) is 0 Å². The van der Waals surface area contributed by atoms with Gasteiger partial charge in [0, 0.05) is 22.1 Å². The van der Waals surface area contributed by atoms with E-state index in [1.165, 1.54) is 11.1 Å². The predicted molar refractivity (Wildman–Crippen MR) is 70.2 cm³/mol. The lowest BCUT2D eigenvalue weighted by atomic mass is 10.1. The standard InChI is InChI=1S/C12H14BrN3/c1-7-4-10(13)5-8(2)11(7)16-12-14-6-9(3)15-12/h4-6H,1-3H3,(H2,14,15,16). The molecule has 1 aromatic heterocycles. The van der Waals surface area contributed by atoms with E-state index in [-0.39, 0.29) is 0 Å². The highest BCUT2D eigenvalue weighted by atomic mass is 79.9. The van der Waals surface area contributed by atoms with Gasteiger partial charge in [-0.2, -0.15) is 0 Å². The lowest BCUT2D eigenvalue weighted by Crippen LogP contribution is -1.97. The molecule has 16 heavy (non-hydrogen) atoms. The molecule has 0 amide bonds. The summed E-state index contributed by atoms with van der Waals surface area (Å²) in [6.07, 6.45) is 1.81. The summed E-state index contributed by atoms with van der Waals surface area (Å²) in [5.74, 6) is 0.783. The minimum atomic E-state index is 0.783. The van der Waals surface area contributed by atoms with Crippen LogP contribution in [0.2, 0.25) is 0 Å². The van der Waals surface area contributed by atoms with E-state index in [2.05, 4.69) is 57.2 Å².